The number of carbonyl (C=O) groups is 1. The number of aryl methyl sites for hydroxylation is 1. The molecule has 0 spiro atoms. The van der Waals surface area contributed by atoms with E-state index in [4.69, 9.17) is 5.84 Å². The fraction of sp³-hybridized carbons (Fsp3) is 0.300. The van der Waals surface area contributed by atoms with Crippen LogP contribution < -0.4 is 5.84 Å². The van der Waals surface area contributed by atoms with Crippen LogP contribution in [0.25, 0.3) is 0 Å². The predicted octanol–water partition coefficient (Wildman–Crippen LogP) is 0.870. The zero-order valence-electron chi connectivity index (χ0n) is 7.73. The summed E-state index contributed by atoms with van der Waals surface area (Å²) in [4.78, 5) is 10.2. The SMILES string of the molecule is Cc1ccc(CCN(N)C=O)cc1. The molecule has 2 N–H and O–H groups in total. The number of hydrogen-bond donors (Lipinski definition) is 1. The summed E-state index contributed by atoms with van der Waals surface area (Å²) in [5.41, 5.74) is 2.44. The Morgan fingerprint density at radius 2 is 2.00 bits per heavy atom. The minimum atomic E-state index is 0.562. The van der Waals surface area contributed by atoms with Gasteiger partial charge in [0.25, 0.3) is 0 Å². The Kier molecular flexibility index (Phi) is 3.46. The average Bonchev–Trinajstić information content (AvgIpc) is 2.16. The van der Waals surface area contributed by atoms with Gasteiger partial charge in [0.05, 0.1) is 0 Å². The van der Waals surface area contributed by atoms with Gasteiger partial charge in [0.2, 0.25) is 6.41 Å². The maximum Gasteiger partial charge on any atom is 0.223 e. The summed E-state index contributed by atoms with van der Waals surface area (Å²) in [6, 6.07) is 8.20. The molecule has 0 bridgehead atoms. The molecule has 1 amide bonds. The van der Waals surface area contributed by atoms with Crippen molar-refractivity contribution in [3.05, 3.63) is 35.4 Å². The second-order valence-corrected chi connectivity index (χ2v) is 3.08. The van der Waals surface area contributed by atoms with Crippen LogP contribution in [0, 0.1) is 6.92 Å². The van der Waals surface area contributed by atoms with Gasteiger partial charge in [-0.05, 0) is 18.9 Å². The summed E-state index contributed by atoms with van der Waals surface area (Å²) in [6.07, 6.45) is 1.43. The molecule has 0 saturated carbocycles. The lowest BCUT2D eigenvalue weighted by Crippen LogP contribution is -2.31. The summed E-state index contributed by atoms with van der Waals surface area (Å²) >= 11 is 0. The molecule has 0 heterocycles. The van der Waals surface area contributed by atoms with Crippen molar-refractivity contribution < 1.29 is 4.79 Å². The topological polar surface area (TPSA) is 46.3 Å². The quantitative estimate of drug-likeness (QED) is 0.322. The molecule has 3 heteroatoms. The van der Waals surface area contributed by atoms with Crippen molar-refractivity contribution in [2.24, 2.45) is 5.84 Å². The third-order valence-corrected chi connectivity index (χ3v) is 1.91. The summed E-state index contributed by atoms with van der Waals surface area (Å²) in [6.45, 7) is 2.61. The van der Waals surface area contributed by atoms with E-state index in [1.807, 2.05) is 19.1 Å². The number of rotatable bonds is 4. The van der Waals surface area contributed by atoms with Crippen LogP contribution in [-0.4, -0.2) is 18.0 Å². The van der Waals surface area contributed by atoms with Crippen molar-refractivity contribution in [3.63, 3.8) is 0 Å². The second kappa shape index (κ2) is 4.62. The van der Waals surface area contributed by atoms with Gasteiger partial charge in [0, 0.05) is 6.54 Å². The van der Waals surface area contributed by atoms with Crippen LogP contribution in [0.1, 0.15) is 11.1 Å². The molecule has 0 aromatic heterocycles. The van der Waals surface area contributed by atoms with E-state index < -0.39 is 0 Å². The highest BCUT2D eigenvalue weighted by Crippen LogP contribution is 2.03. The van der Waals surface area contributed by atoms with Crippen molar-refractivity contribution in [2.75, 3.05) is 6.54 Å². The van der Waals surface area contributed by atoms with Crippen molar-refractivity contribution >= 4 is 6.41 Å². The molecule has 13 heavy (non-hydrogen) atoms. The Labute approximate surface area is 78.1 Å². The number of hydrogen-bond acceptors (Lipinski definition) is 2. The Bertz CT molecular complexity index is 269. The van der Waals surface area contributed by atoms with Crippen molar-refractivity contribution in [2.45, 2.75) is 13.3 Å². The Morgan fingerprint density at radius 3 is 2.54 bits per heavy atom. The number of benzene rings is 1. The van der Waals surface area contributed by atoms with E-state index in [1.165, 1.54) is 11.1 Å². The number of hydrazine groups is 1. The standard InChI is InChI=1S/C10H14N2O/c1-9-2-4-10(5-3-9)6-7-12(11)8-13/h2-5,8H,6-7,11H2,1H3. The van der Waals surface area contributed by atoms with Gasteiger partial charge in [0.15, 0.2) is 0 Å². The van der Waals surface area contributed by atoms with E-state index in [0.29, 0.717) is 13.0 Å². The van der Waals surface area contributed by atoms with E-state index in [0.717, 1.165) is 11.4 Å². The van der Waals surface area contributed by atoms with Crippen LogP contribution in [0.15, 0.2) is 24.3 Å². The molecular formula is C10H14N2O. The van der Waals surface area contributed by atoms with Crippen molar-refractivity contribution in [1.29, 1.82) is 0 Å². The van der Waals surface area contributed by atoms with E-state index in [9.17, 15) is 4.79 Å². The molecule has 1 aromatic rings. The number of nitrogens with two attached hydrogens (primary N) is 1. The molecule has 0 aliphatic rings. The molecule has 70 valence electrons. The first-order valence-corrected chi connectivity index (χ1v) is 4.24. The van der Waals surface area contributed by atoms with Crippen molar-refractivity contribution in [3.8, 4) is 0 Å². The molecule has 0 radical (unpaired) electrons. The van der Waals surface area contributed by atoms with Crippen LogP contribution in [0.3, 0.4) is 0 Å². The molecule has 0 aliphatic heterocycles. The van der Waals surface area contributed by atoms with Gasteiger partial charge in [-0.2, -0.15) is 0 Å². The molecule has 0 aliphatic carbocycles. The molecule has 3 nitrogen and oxygen atoms in total. The lowest BCUT2D eigenvalue weighted by Gasteiger charge is -2.09. The minimum absolute atomic E-state index is 0.562. The van der Waals surface area contributed by atoms with E-state index >= 15 is 0 Å². The fourth-order valence-corrected chi connectivity index (χ4v) is 1.07. The molecule has 0 saturated heterocycles. The second-order valence-electron chi connectivity index (χ2n) is 3.08. The highest BCUT2D eigenvalue weighted by molar-refractivity contribution is 5.45. The third-order valence-electron chi connectivity index (χ3n) is 1.91. The van der Waals surface area contributed by atoms with E-state index in [1.54, 1.807) is 0 Å². The minimum Gasteiger partial charge on any atom is -0.283 e. The molecule has 1 aromatic carbocycles. The predicted molar refractivity (Wildman–Crippen MR) is 51.8 cm³/mol. The van der Waals surface area contributed by atoms with E-state index in [2.05, 4.69) is 12.1 Å². The highest BCUT2D eigenvalue weighted by atomic mass is 16.1. The van der Waals surface area contributed by atoms with Crippen LogP contribution in [0.5, 0.6) is 0 Å². The molecule has 0 fully saturated rings. The van der Waals surface area contributed by atoms with Crippen LogP contribution in [-0.2, 0) is 11.2 Å². The van der Waals surface area contributed by atoms with Crippen LogP contribution >= 0.6 is 0 Å². The highest BCUT2D eigenvalue weighted by Gasteiger charge is 1.95. The van der Waals surface area contributed by atoms with E-state index in [-0.39, 0.29) is 0 Å². The zero-order chi connectivity index (χ0) is 9.68. The van der Waals surface area contributed by atoms with Crippen molar-refractivity contribution in [1.82, 2.24) is 5.01 Å². The monoisotopic (exact) mass is 178 g/mol. The normalized spacial score (nSPS) is 9.69. The summed E-state index contributed by atoms with van der Waals surface area (Å²) < 4.78 is 0. The van der Waals surface area contributed by atoms with Gasteiger partial charge in [0.1, 0.15) is 0 Å². The number of nitrogens with zero attached hydrogens (tertiary/aromatic N) is 1. The van der Waals surface area contributed by atoms with Gasteiger partial charge >= 0.3 is 0 Å². The Hall–Kier alpha value is -1.35. The lowest BCUT2D eigenvalue weighted by molar-refractivity contribution is -0.118. The van der Waals surface area contributed by atoms with Gasteiger partial charge in [-0.25, -0.2) is 5.84 Å². The van der Waals surface area contributed by atoms with Gasteiger partial charge < -0.3 is 0 Å². The number of amides is 1. The Morgan fingerprint density at radius 1 is 1.38 bits per heavy atom. The maximum absolute atomic E-state index is 10.2. The van der Waals surface area contributed by atoms with Crippen LogP contribution in [0.2, 0.25) is 0 Å². The molecule has 0 atom stereocenters. The lowest BCUT2D eigenvalue weighted by atomic mass is 10.1. The molecule has 0 unspecified atom stereocenters. The summed E-state index contributed by atoms with van der Waals surface area (Å²) in [7, 11) is 0. The number of carbonyl (C=O) groups excluding carboxylic acids is 1. The largest absolute Gasteiger partial charge is 0.283 e. The smallest absolute Gasteiger partial charge is 0.223 e. The fourth-order valence-electron chi connectivity index (χ4n) is 1.07. The molecular weight excluding hydrogens is 164 g/mol. The summed E-state index contributed by atoms with van der Waals surface area (Å²) in [5.74, 6) is 5.32. The van der Waals surface area contributed by atoms with Gasteiger partial charge in [-0.1, -0.05) is 29.8 Å². The maximum atomic E-state index is 10.2. The third kappa shape index (κ3) is 3.25. The van der Waals surface area contributed by atoms with Gasteiger partial charge in [-0.3, -0.25) is 9.80 Å². The average molecular weight is 178 g/mol. The molecule has 1 rings (SSSR count). The van der Waals surface area contributed by atoms with Crippen LogP contribution in [0.4, 0.5) is 0 Å². The first-order valence-electron chi connectivity index (χ1n) is 4.24. The first kappa shape index (κ1) is 9.74. The van der Waals surface area contributed by atoms with Gasteiger partial charge in [-0.15, -0.1) is 0 Å². The summed E-state index contributed by atoms with van der Waals surface area (Å²) in [5, 5.41) is 1.15. The first-order chi connectivity index (χ1) is 6.22. The Balaban J connectivity index is 2.45. The zero-order valence-corrected chi connectivity index (χ0v) is 7.73.